The third-order valence-corrected chi connectivity index (χ3v) is 10.5. The molecule has 0 saturated carbocycles. The number of hydroxylamine groups is 4. The van der Waals surface area contributed by atoms with Gasteiger partial charge in [0.2, 0.25) is 0 Å². The van der Waals surface area contributed by atoms with Crippen LogP contribution in [0, 0.1) is 20.2 Å². The lowest BCUT2D eigenvalue weighted by atomic mass is 10.0. The number of methoxy groups -OCH3 is 2. The van der Waals surface area contributed by atoms with Gasteiger partial charge in [-0.3, -0.25) is 20.2 Å². The van der Waals surface area contributed by atoms with Gasteiger partial charge in [0.25, 0.3) is 11.4 Å². The molecule has 0 spiro atoms. The number of hydrogen-bond donors (Lipinski definition) is 0. The largest absolute Gasteiger partial charge is 0.497 e. The lowest BCUT2D eigenvalue weighted by Crippen LogP contribution is -2.44. The van der Waals surface area contributed by atoms with E-state index in [0.717, 1.165) is 11.1 Å². The van der Waals surface area contributed by atoms with Crippen LogP contribution in [0.1, 0.15) is 36.8 Å². The molecule has 0 fully saturated rings. The van der Waals surface area contributed by atoms with E-state index in [1.807, 2.05) is 24.3 Å². The Balaban J connectivity index is 1.11. The molecule has 62 heavy (non-hydrogen) atoms. The first kappa shape index (κ1) is 45.4. The highest BCUT2D eigenvalue weighted by Gasteiger charge is 2.31. The van der Waals surface area contributed by atoms with Crippen LogP contribution in [0.15, 0.2) is 72.8 Å². The molecule has 0 radical (unpaired) electrons. The maximum absolute atomic E-state index is 13.5. The highest BCUT2D eigenvalue weighted by molar-refractivity contribution is 6.33. The molecular weight excluding hydrogens is 855 g/mol. The number of ether oxygens (including phenoxy) is 6. The number of carbonyl (C=O) groups excluding carboxylic acids is 2. The first-order chi connectivity index (χ1) is 29.9. The maximum Gasteiger partial charge on any atom is 0.438 e. The number of nitro groups is 2. The number of benzene rings is 4. The number of aryl methyl sites for hydroxylation is 2. The molecule has 4 aromatic carbocycles. The minimum atomic E-state index is -1.30. The second kappa shape index (κ2) is 21.6. The van der Waals surface area contributed by atoms with Crippen LogP contribution in [0.25, 0.3) is 0 Å². The van der Waals surface area contributed by atoms with Crippen LogP contribution in [0.2, 0.25) is 10.0 Å². The third-order valence-electron chi connectivity index (χ3n) is 9.88. The molecule has 0 N–H and O–H groups in total. The topological polar surface area (TPSA) is 201 Å². The summed E-state index contributed by atoms with van der Waals surface area (Å²) in [4.78, 5) is 59.8. The van der Waals surface area contributed by atoms with E-state index < -0.39 is 34.0 Å². The number of halogens is 2. The van der Waals surface area contributed by atoms with Crippen LogP contribution in [-0.2, 0) is 32.1 Å². The van der Waals surface area contributed by atoms with E-state index in [2.05, 4.69) is 0 Å². The fourth-order valence-corrected chi connectivity index (χ4v) is 7.11. The lowest BCUT2D eigenvalue weighted by Gasteiger charge is -2.31. The van der Waals surface area contributed by atoms with Gasteiger partial charge in [0.15, 0.2) is 0 Å². The Hall–Kier alpha value is -6.08. The quantitative estimate of drug-likeness (QED) is 0.0368. The molecule has 2 aliphatic rings. The monoisotopic (exact) mass is 898 g/mol. The Bertz CT molecular complexity index is 2090. The van der Waals surface area contributed by atoms with Gasteiger partial charge in [0, 0.05) is 25.2 Å². The SMILES string of the molecule is COc1ccc2c(c1)OC(CN(CCCOc1ccc(Cl)c([N+](=O)[O-])c1)OC(=O)C(=O)ON(CCCOc1ccc(Cl)c([N+](=O)[O-])c1)CC1CCc3ccc(OC)cc3O1)CC2. The van der Waals surface area contributed by atoms with E-state index in [-0.39, 0.29) is 85.2 Å². The summed E-state index contributed by atoms with van der Waals surface area (Å²) < 4.78 is 34.7. The first-order valence-electron chi connectivity index (χ1n) is 19.6. The number of fused-ring (bicyclic) bond motifs is 2. The molecule has 0 aromatic heterocycles. The lowest BCUT2D eigenvalue weighted by molar-refractivity contribution is -0.384. The van der Waals surface area contributed by atoms with Gasteiger partial charge in [-0.2, -0.15) is 0 Å². The van der Waals surface area contributed by atoms with Gasteiger partial charge >= 0.3 is 11.9 Å². The molecule has 0 amide bonds. The Morgan fingerprint density at radius 3 is 1.44 bits per heavy atom. The average Bonchev–Trinajstić information content (AvgIpc) is 3.26. The summed E-state index contributed by atoms with van der Waals surface area (Å²) in [6.45, 7) is 0.455. The molecule has 0 aliphatic carbocycles. The Labute approximate surface area is 366 Å². The molecule has 2 heterocycles. The van der Waals surface area contributed by atoms with Crippen molar-refractivity contribution in [2.24, 2.45) is 0 Å². The highest BCUT2D eigenvalue weighted by atomic mass is 35.5. The minimum Gasteiger partial charge on any atom is -0.497 e. The van der Waals surface area contributed by atoms with Crippen molar-refractivity contribution < 1.29 is 57.5 Å². The molecule has 18 nitrogen and oxygen atoms in total. The number of hydrogen-bond acceptors (Lipinski definition) is 16. The zero-order valence-electron chi connectivity index (χ0n) is 33.8. The third kappa shape index (κ3) is 12.5. The zero-order chi connectivity index (χ0) is 44.2. The molecule has 4 aromatic rings. The van der Waals surface area contributed by atoms with Crippen molar-refractivity contribution in [2.75, 3.05) is 53.6 Å². The molecule has 2 aliphatic heterocycles. The van der Waals surface area contributed by atoms with E-state index >= 15 is 0 Å². The van der Waals surface area contributed by atoms with Gasteiger partial charge in [0.1, 0.15) is 56.8 Å². The summed E-state index contributed by atoms with van der Waals surface area (Å²) in [5.74, 6) is 0.318. The maximum atomic E-state index is 13.5. The van der Waals surface area contributed by atoms with E-state index in [0.29, 0.717) is 48.7 Å². The van der Waals surface area contributed by atoms with Gasteiger partial charge < -0.3 is 38.1 Å². The molecular formula is C42H44Cl2N4O14. The van der Waals surface area contributed by atoms with Crippen molar-refractivity contribution in [1.82, 2.24) is 10.1 Å². The molecule has 0 saturated heterocycles. The van der Waals surface area contributed by atoms with Crippen LogP contribution in [-0.4, -0.2) is 97.7 Å². The molecule has 6 rings (SSSR count). The molecule has 0 bridgehead atoms. The Morgan fingerprint density at radius 2 is 1.05 bits per heavy atom. The van der Waals surface area contributed by atoms with Gasteiger partial charge in [-0.25, -0.2) is 9.59 Å². The van der Waals surface area contributed by atoms with Gasteiger partial charge in [-0.1, -0.05) is 35.3 Å². The zero-order valence-corrected chi connectivity index (χ0v) is 35.3. The van der Waals surface area contributed by atoms with Crippen LogP contribution in [0.5, 0.6) is 34.5 Å². The fourth-order valence-electron chi connectivity index (χ4n) is 6.74. The van der Waals surface area contributed by atoms with E-state index in [1.165, 1.54) is 46.5 Å². The number of nitro benzene ring substituents is 2. The second-order valence-electron chi connectivity index (χ2n) is 14.2. The van der Waals surface area contributed by atoms with Gasteiger partial charge in [-0.15, -0.1) is 10.1 Å². The van der Waals surface area contributed by atoms with Crippen LogP contribution in [0.4, 0.5) is 11.4 Å². The smallest absolute Gasteiger partial charge is 0.438 e. The van der Waals surface area contributed by atoms with Gasteiger partial charge in [-0.05, 0) is 86.1 Å². The van der Waals surface area contributed by atoms with Gasteiger partial charge in [0.05, 0.1) is 62.5 Å². The van der Waals surface area contributed by atoms with Crippen molar-refractivity contribution in [2.45, 2.75) is 50.7 Å². The fraction of sp³-hybridized carbons (Fsp3) is 0.381. The summed E-state index contributed by atoms with van der Waals surface area (Å²) in [5.41, 5.74) is 1.37. The van der Waals surface area contributed by atoms with Crippen LogP contribution >= 0.6 is 23.2 Å². The number of nitrogens with zero attached hydrogens (tertiary/aromatic N) is 4. The predicted molar refractivity (Wildman–Crippen MR) is 223 cm³/mol. The standard InChI is InChI=1S/C42H44Cl2N4O14/c1-55-29-9-5-27-7-11-33(59-39(27)23-29)25-45(17-3-19-57-31-13-15-35(43)37(21-31)47(51)52)61-41(49)42(50)62-46(18-4-20-58-32-14-16-36(44)38(22-32)48(53)54)26-34-12-8-28-6-10-30(56-2)24-40(28)60-34/h5-6,9-10,13-16,21-24,33-34H,3-4,7-8,11-12,17-20,25-26H2,1-2H3. The van der Waals surface area contributed by atoms with Crippen LogP contribution in [0.3, 0.4) is 0 Å². The second-order valence-corrected chi connectivity index (χ2v) is 15.0. The minimum absolute atomic E-state index is 0.0330. The summed E-state index contributed by atoms with van der Waals surface area (Å²) in [5, 5.41) is 25.2. The van der Waals surface area contributed by atoms with E-state index in [9.17, 15) is 29.8 Å². The van der Waals surface area contributed by atoms with Crippen molar-refractivity contribution in [3.05, 3.63) is 114 Å². The molecule has 330 valence electrons. The summed E-state index contributed by atoms with van der Waals surface area (Å²) in [7, 11) is 3.11. The number of rotatable bonds is 20. The molecule has 2 unspecified atom stereocenters. The van der Waals surface area contributed by atoms with Crippen molar-refractivity contribution in [3.63, 3.8) is 0 Å². The van der Waals surface area contributed by atoms with Crippen LogP contribution < -0.4 is 28.4 Å². The molecule has 20 heteroatoms. The average molecular weight is 900 g/mol. The summed E-state index contributed by atoms with van der Waals surface area (Å²) in [6, 6.07) is 19.2. The van der Waals surface area contributed by atoms with Crippen molar-refractivity contribution in [3.8, 4) is 34.5 Å². The van der Waals surface area contributed by atoms with E-state index in [4.69, 9.17) is 61.3 Å². The van der Waals surface area contributed by atoms with E-state index in [1.54, 1.807) is 26.4 Å². The Morgan fingerprint density at radius 1 is 0.645 bits per heavy atom. The molecule has 2 atom stereocenters. The summed E-state index contributed by atoms with van der Waals surface area (Å²) >= 11 is 11.9. The predicted octanol–water partition coefficient (Wildman–Crippen LogP) is 7.37. The van der Waals surface area contributed by atoms with Crippen molar-refractivity contribution in [1.29, 1.82) is 0 Å². The first-order valence-corrected chi connectivity index (χ1v) is 20.4. The van der Waals surface area contributed by atoms with Crippen molar-refractivity contribution >= 4 is 46.5 Å². The highest BCUT2D eigenvalue weighted by Crippen LogP contribution is 2.34. The summed E-state index contributed by atoms with van der Waals surface area (Å²) in [6.07, 6.45) is 2.18. The number of carbonyl (C=O) groups is 2. The Kier molecular flexibility index (Phi) is 15.9. The normalized spacial score (nSPS) is 15.3.